The Morgan fingerprint density at radius 3 is 2.92 bits per heavy atom. The number of nitrogens with one attached hydrogen (secondary N) is 1. The van der Waals surface area contributed by atoms with E-state index in [1.54, 1.807) is 12.3 Å². The first-order valence-electron chi connectivity index (χ1n) is 4.01. The maximum absolute atomic E-state index is 11.4. The average molecular weight is 290 g/mol. The summed E-state index contributed by atoms with van der Waals surface area (Å²) in [4.78, 5) is 15.4. The normalized spacial score (nSPS) is 9.69. The van der Waals surface area contributed by atoms with E-state index in [-0.39, 0.29) is 5.91 Å². The Kier molecular flexibility index (Phi) is 4.14. The van der Waals surface area contributed by atoms with Crippen LogP contribution < -0.4 is 5.32 Å². The van der Waals surface area contributed by atoms with Crippen LogP contribution in [-0.4, -0.2) is 21.9 Å². The Hall–Kier alpha value is -0.650. The summed E-state index contributed by atoms with van der Waals surface area (Å²) in [6, 6.07) is 3.61. The predicted octanol–water partition coefficient (Wildman–Crippen LogP) is 1.55. The first kappa shape index (κ1) is 10.4. The first-order valence-corrected chi connectivity index (χ1v) is 5.53. The van der Waals surface area contributed by atoms with E-state index in [1.807, 2.05) is 13.0 Å². The summed E-state index contributed by atoms with van der Waals surface area (Å²) in [7, 11) is 0. The second-order valence-corrected chi connectivity index (χ2v) is 3.71. The highest BCUT2D eigenvalue weighted by molar-refractivity contribution is 14.1. The summed E-state index contributed by atoms with van der Waals surface area (Å²) in [5.74, 6) is -0.0517. The number of nitrogens with zero attached hydrogens (tertiary/aromatic N) is 1. The van der Waals surface area contributed by atoms with Crippen LogP contribution in [0.25, 0.3) is 0 Å². The third kappa shape index (κ3) is 3.30. The van der Waals surface area contributed by atoms with E-state index in [4.69, 9.17) is 0 Å². The van der Waals surface area contributed by atoms with Gasteiger partial charge in [0.15, 0.2) is 0 Å². The SMILES string of the molecule is Cc1ccc(C(=O)NCCI)cn1. The summed E-state index contributed by atoms with van der Waals surface area (Å²) < 4.78 is 0.919. The molecule has 0 aliphatic rings. The van der Waals surface area contributed by atoms with Crippen molar-refractivity contribution in [1.82, 2.24) is 10.3 Å². The molecule has 1 N–H and O–H groups in total. The number of aryl methyl sites for hydroxylation is 1. The van der Waals surface area contributed by atoms with E-state index in [0.717, 1.165) is 10.1 Å². The number of pyridine rings is 1. The second-order valence-electron chi connectivity index (χ2n) is 2.63. The Morgan fingerprint density at radius 2 is 2.38 bits per heavy atom. The summed E-state index contributed by atoms with van der Waals surface area (Å²) >= 11 is 2.22. The van der Waals surface area contributed by atoms with Crippen molar-refractivity contribution in [3.05, 3.63) is 29.6 Å². The lowest BCUT2D eigenvalue weighted by atomic mass is 10.2. The van der Waals surface area contributed by atoms with Gasteiger partial charge in [-0.05, 0) is 19.1 Å². The maximum atomic E-state index is 11.4. The van der Waals surface area contributed by atoms with Crippen LogP contribution in [0, 0.1) is 6.92 Å². The molecule has 0 spiro atoms. The van der Waals surface area contributed by atoms with Crippen molar-refractivity contribution in [3.63, 3.8) is 0 Å². The molecule has 0 unspecified atom stereocenters. The van der Waals surface area contributed by atoms with Crippen molar-refractivity contribution < 1.29 is 4.79 Å². The molecule has 0 aliphatic heterocycles. The van der Waals surface area contributed by atoms with Gasteiger partial charge in [-0.1, -0.05) is 22.6 Å². The molecule has 3 nitrogen and oxygen atoms in total. The van der Waals surface area contributed by atoms with E-state index in [1.165, 1.54) is 0 Å². The number of alkyl halides is 1. The van der Waals surface area contributed by atoms with E-state index >= 15 is 0 Å². The number of carbonyl (C=O) groups is 1. The highest BCUT2D eigenvalue weighted by Crippen LogP contribution is 1.98. The third-order valence-electron chi connectivity index (χ3n) is 1.55. The zero-order valence-electron chi connectivity index (χ0n) is 7.38. The van der Waals surface area contributed by atoms with Crippen LogP contribution in [0.5, 0.6) is 0 Å². The van der Waals surface area contributed by atoms with Crippen LogP contribution in [0.2, 0.25) is 0 Å². The van der Waals surface area contributed by atoms with Gasteiger partial charge in [0, 0.05) is 22.9 Å². The van der Waals surface area contributed by atoms with Gasteiger partial charge in [-0.25, -0.2) is 0 Å². The van der Waals surface area contributed by atoms with Gasteiger partial charge in [0.05, 0.1) is 5.56 Å². The van der Waals surface area contributed by atoms with Crippen molar-refractivity contribution >= 4 is 28.5 Å². The fourth-order valence-corrected chi connectivity index (χ4v) is 1.13. The topological polar surface area (TPSA) is 42.0 Å². The molecule has 13 heavy (non-hydrogen) atoms. The standard InChI is InChI=1S/C9H11IN2O/c1-7-2-3-8(6-12-7)9(13)11-5-4-10/h2-3,6H,4-5H2,1H3,(H,11,13). The molecule has 0 radical (unpaired) electrons. The molecule has 1 heterocycles. The molecule has 4 heteroatoms. The lowest BCUT2D eigenvalue weighted by Crippen LogP contribution is -2.25. The Labute approximate surface area is 91.1 Å². The molecular formula is C9H11IN2O. The van der Waals surface area contributed by atoms with Gasteiger partial charge < -0.3 is 5.32 Å². The summed E-state index contributed by atoms with van der Waals surface area (Å²) in [6.07, 6.45) is 1.60. The van der Waals surface area contributed by atoms with Crippen LogP contribution >= 0.6 is 22.6 Å². The van der Waals surface area contributed by atoms with Crippen molar-refractivity contribution in [3.8, 4) is 0 Å². The van der Waals surface area contributed by atoms with Crippen molar-refractivity contribution in [1.29, 1.82) is 0 Å². The maximum Gasteiger partial charge on any atom is 0.252 e. The molecule has 0 saturated carbocycles. The van der Waals surface area contributed by atoms with Gasteiger partial charge in [-0.3, -0.25) is 9.78 Å². The quantitative estimate of drug-likeness (QED) is 0.678. The molecule has 1 aromatic rings. The molecule has 0 atom stereocenters. The van der Waals surface area contributed by atoms with E-state index in [0.29, 0.717) is 12.1 Å². The molecule has 0 bridgehead atoms. The fourth-order valence-electron chi connectivity index (χ4n) is 0.865. The van der Waals surface area contributed by atoms with Gasteiger partial charge in [0.25, 0.3) is 5.91 Å². The van der Waals surface area contributed by atoms with Crippen LogP contribution in [0.15, 0.2) is 18.3 Å². The predicted molar refractivity (Wildman–Crippen MR) is 60.2 cm³/mol. The zero-order valence-corrected chi connectivity index (χ0v) is 9.54. The minimum atomic E-state index is -0.0517. The van der Waals surface area contributed by atoms with Crippen molar-refractivity contribution in [2.75, 3.05) is 11.0 Å². The summed E-state index contributed by atoms with van der Waals surface area (Å²) in [6.45, 7) is 2.60. The minimum Gasteiger partial charge on any atom is -0.351 e. The van der Waals surface area contributed by atoms with Gasteiger partial charge >= 0.3 is 0 Å². The highest BCUT2D eigenvalue weighted by atomic mass is 127. The van der Waals surface area contributed by atoms with Crippen LogP contribution in [0.1, 0.15) is 16.1 Å². The first-order chi connectivity index (χ1) is 6.24. The number of rotatable bonds is 3. The number of amides is 1. The van der Waals surface area contributed by atoms with E-state index < -0.39 is 0 Å². The zero-order chi connectivity index (χ0) is 9.68. The number of hydrogen-bond acceptors (Lipinski definition) is 2. The van der Waals surface area contributed by atoms with Gasteiger partial charge in [0.2, 0.25) is 0 Å². The molecule has 1 amide bonds. The molecule has 0 saturated heterocycles. The third-order valence-corrected chi connectivity index (χ3v) is 2.09. The van der Waals surface area contributed by atoms with Gasteiger partial charge in [-0.2, -0.15) is 0 Å². The minimum absolute atomic E-state index is 0.0517. The lowest BCUT2D eigenvalue weighted by molar-refractivity contribution is 0.0956. The summed E-state index contributed by atoms with van der Waals surface area (Å²) in [5, 5.41) is 2.78. The van der Waals surface area contributed by atoms with Crippen LogP contribution in [-0.2, 0) is 0 Å². The Balaban J connectivity index is 2.61. The highest BCUT2D eigenvalue weighted by Gasteiger charge is 2.03. The fraction of sp³-hybridized carbons (Fsp3) is 0.333. The molecule has 0 fully saturated rings. The molecule has 1 aromatic heterocycles. The smallest absolute Gasteiger partial charge is 0.252 e. The Bertz CT molecular complexity index is 284. The second kappa shape index (κ2) is 5.16. The van der Waals surface area contributed by atoms with E-state index in [2.05, 4.69) is 32.9 Å². The molecule has 1 rings (SSSR count). The molecule has 70 valence electrons. The van der Waals surface area contributed by atoms with Crippen LogP contribution in [0.4, 0.5) is 0 Å². The number of aromatic nitrogens is 1. The number of hydrogen-bond donors (Lipinski definition) is 1. The monoisotopic (exact) mass is 290 g/mol. The average Bonchev–Trinajstić information content (AvgIpc) is 2.15. The molecule has 0 aromatic carbocycles. The summed E-state index contributed by atoms with van der Waals surface area (Å²) in [5.41, 5.74) is 1.54. The van der Waals surface area contributed by atoms with E-state index in [9.17, 15) is 4.79 Å². The van der Waals surface area contributed by atoms with Crippen molar-refractivity contribution in [2.24, 2.45) is 0 Å². The largest absolute Gasteiger partial charge is 0.351 e. The van der Waals surface area contributed by atoms with Crippen LogP contribution in [0.3, 0.4) is 0 Å². The Morgan fingerprint density at radius 1 is 1.62 bits per heavy atom. The lowest BCUT2D eigenvalue weighted by Gasteiger charge is -2.02. The van der Waals surface area contributed by atoms with Gasteiger partial charge in [0.1, 0.15) is 0 Å². The molecular weight excluding hydrogens is 279 g/mol. The number of halogens is 1. The van der Waals surface area contributed by atoms with Crippen molar-refractivity contribution in [2.45, 2.75) is 6.92 Å². The number of carbonyl (C=O) groups excluding carboxylic acids is 1. The van der Waals surface area contributed by atoms with Gasteiger partial charge in [-0.15, -0.1) is 0 Å². The molecule has 0 aliphatic carbocycles.